The van der Waals surface area contributed by atoms with Crippen molar-refractivity contribution in [1.29, 1.82) is 0 Å². The van der Waals surface area contributed by atoms with E-state index in [2.05, 4.69) is 4.99 Å². The molecule has 1 aliphatic rings. The van der Waals surface area contributed by atoms with Crippen LogP contribution < -0.4 is 4.74 Å². The number of cyclic esters (lactones) is 1. The van der Waals surface area contributed by atoms with E-state index in [-0.39, 0.29) is 0 Å². The van der Waals surface area contributed by atoms with Gasteiger partial charge in [-0.25, -0.2) is 9.79 Å². The molecule has 0 spiro atoms. The molecule has 0 N–H and O–H groups in total. The smallest absolute Gasteiger partial charge is 0.363 e. The van der Waals surface area contributed by atoms with E-state index >= 15 is 0 Å². The molecule has 0 bridgehead atoms. The standard InChI is InChI=1S/C15H11NO3S/c1-18-11-6-4-10(5-7-11)9-12-15(17)19-14(16-12)13-3-2-8-20-13/h2-9H,1H3/b12-9+. The third kappa shape index (κ3) is 2.48. The van der Waals surface area contributed by atoms with Crippen LogP contribution in [0.25, 0.3) is 6.08 Å². The van der Waals surface area contributed by atoms with Gasteiger partial charge in [-0.15, -0.1) is 11.3 Å². The summed E-state index contributed by atoms with van der Waals surface area (Å²) in [6, 6.07) is 11.1. The van der Waals surface area contributed by atoms with Gasteiger partial charge in [-0.1, -0.05) is 18.2 Å². The van der Waals surface area contributed by atoms with Crippen molar-refractivity contribution in [2.75, 3.05) is 7.11 Å². The zero-order valence-electron chi connectivity index (χ0n) is 10.7. The number of hydrogen-bond donors (Lipinski definition) is 0. The van der Waals surface area contributed by atoms with Crippen LogP contribution in [0, 0.1) is 0 Å². The van der Waals surface area contributed by atoms with E-state index in [1.807, 2.05) is 41.8 Å². The Morgan fingerprint density at radius 3 is 2.70 bits per heavy atom. The first-order chi connectivity index (χ1) is 9.76. The molecule has 0 saturated carbocycles. The fourth-order valence-corrected chi connectivity index (χ4v) is 2.42. The molecule has 3 rings (SSSR count). The summed E-state index contributed by atoms with van der Waals surface area (Å²) >= 11 is 1.48. The maximum atomic E-state index is 11.8. The second-order valence-corrected chi connectivity index (χ2v) is 5.03. The van der Waals surface area contributed by atoms with Crippen molar-refractivity contribution < 1.29 is 14.3 Å². The SMILES string of the molecule is COc1ccc(/C=C2/N=C(c3cccs3)OC2=O)cc1. The normalized spacial score (nSPS) is 16.1. The topological polar surface area (TPSA) is 47.9 Å². The van der Waals surface area contributed by atoms with Gasteiger partial charge in [-0.05, 0) is 35.2 Å². The van der Waals surface area contributed by atoms with Crippen molar-refractivity contribution in [1.82, 2.24) is 0 Å². The fourth-order valence-electron chi connectivity index (χ4n) is 1.77. The van der Waals surface area contributed by atoms with Gasteiger partial charge in [0.2, 0.25) is 5.90 Å². The molecule has 0 aliphatic carbocycles. The molecule has 20 heavy (non-hydrogen) atoms. The molecule has 1 aliphatic heterocycles. The summed E-state index contributed by atoms with van der Waals surface area (Å²) in [4.78, 5) is 16.9. The van der Waals surface area contributed by atoms with Crippen molar-refractivity contribution in [3.05, 3.63) is 57.9 Å². The van der Waals surface area contributed by atoms with Gasteiger partial charge in [0.25, 0.3) is 0 Å². The van der Waals surface area contributed by atoms with Gasteiger partial charge in [0, 0.05) is 0 Å². The number of carbonyl (C=O) groups excluding carboxylic acids is 1. The molecular formula is C15H11NO3S. The van der Waals surface area contributed by atoms with E-state index in [0.29, 0.717) is 11.6 Å². The highest BCUT2D eigenvalue weighted by Crippen LogP contribution is 2.22. The molecular weight excluding hydrogens is 274 g/mol. The van der Waals surface area contributed by atoms with Crippen LogP contribution in [-0.4, -0.2) is 19.0 Å². The van der Waals surface area contributed by atoms with Crippen LogP contribution in [0.5, 0.6) is 5.75 Å². The number of aliphatic imine (C=N–C) groups is 1. The van der Waals surface area contributed by atoms with Crippen LogP contribution in [0.2, 0.25) is 0 Å². The number of nitrogens with zero attached hydrogens (tertiary/aromatic N) is 1. The number of carbonyl (C=O) groups is 1. The maximum Gasteiger partial charge on any atom is 0.363 e. The largest absolute Gasteiger partial charge is 0.497 e. The van der Waals surface area contributed by atoms with E-state index < -0.39 is 5.97 Å². The Kier molecular flexibility index (Phi) is 3.35. The number of esters is 1. The van der Waals surface area contributed by atoms with E-state index in [0.717, 1.165) is 16.2 Å². The average molecular weight is 285 g/mol. The third-order valence-corrected chi connectivity index (χ3v) is 3.63. The minimum atomic E-state index is -0.427. The number of ether oxygens (including phenoxy) is 2. The summed E-state index contributed by atoms with van der Waals surface area (Å²) in [6.45, 7) is 0. The molecule has 100 valence electrons. The zero-order chi connectivity index (χ0) is 13.9. The summed E-state index contributed by atoms with van der Waals surface area (Å²) in [5.74, 6) is 0.706. The molecule has 0 saturated heterocycles. The summed E-state index contributed by atoms with van der Waals surface area (Å²) in [7, 11) is 1.61. The van der Waals surface area contributed by atoms with Gasteiger partial charge < -0.3 is 9.47 Å². The van der Waals surface area contributed by atoms with Gasteiger partial charge in [-0.3, -0.25) is 0 Å². The Balaban J connectivity index is 1.88. The van der Waals surface area contributed by atoms with Gasteiger partial charge in [0.1, 0.15) is 5.75 Å². The average Bonchev–Trinajstić information content (AvgIpc) is 3.10. The molecule has 0 atom stereocenters. The van der Waals surface area contributed by atoms with E-state index in [4.69, 9.17) is 9.47 Å². The number of benzene rings is 1. The molecule has 5 heteroatoms. The first kappa shape index (κ1) is 12.6. The van der Waals surface area contributed by atoms with Crippen molar-refractivity contribution in [3.63, 3.8) is 0 Å². The van der Waals surface area contributed by atoms with Crippen LogP contribution in [-0.2, 0) is 9.53 Å². The Labute approximate surface area is 120 Å². The maximum absolute atomic E-state index is 11.8. The predicted molar refractivity (Wildman–Crippen MR) is 77.9 cm³/mol. The Hall–Kier alpha value is -2.40. The summed E-state index contributed by atoms with van der Waals surface area (Å²) in [5, 5.41) is 1.91. The first-order valence-electron chi connectivity index (χ1n) is 5.97. The van der Waals surface area contributed by atoms with E-state index in [1.54, 1.807) is 13.2 Å². The lowest BCUT2D eigenvalue weighted by Gasteiger charge is -1.99. The third-order valence-electron chi connectivity index (χ3n) is 2.77. The fraction of sp³-hybridized carbons (Fsp3) is 0.0667. The van der Waals surface area contributed by atoms with Crippen molar-refractivity contribution in [2.45, 2.75) is 0 Å². The van der Waals surface area contributed by atoms with Gasteiger partial charge in [-0.2, -0.15) is 0 Å². The van der Waals surface area contributed by atoms with Gasteiger partial charge >= 0.3 is 5.97 Å². The first-order valence-corrected chi connectivity index (χ1v) is 6.85. The van der Waals surface area contributed by atoms with Crippen molar-refractivity contribution >= 4 is 29.3 Å². The second-order valence-electron chi connectivity index (χ2n) is 4.09. The molecule has 0 fully saturated rings. The van der Waals surface area contributed by atoms with Gasteiger partial charge in [0.15, 0.2) is 5.70 Å². The van der Waals surface area contributed by atoms with Crippen LogP contribution in [0.3, 0.4) is 0 Å². The summed E-state index contributed by atoms with van der Waals surface area (Å²) < 4.78 is 10.3. The Morgan fingerprint density at radius 1 is 1.25 bits per heavy atom. The zero-order valence-corrected chi connectivity index (χ0v) is 11.5. The molecule has 0 amide bonds. The Bertz CT molecular complexity index is 684. The minimum absolute atomic E-state index is 0.304. The highest BCUT2D eigenvalue weighted by molar-refractivity contribution is 7.12. The molecule has 2 heterocycles. The number of rotatable bonds is 3. The molecule has 2 aromatic rings. The number of methoxy groups -OCH3 is 1. The molecule has 1 aromatic carbocycles. The van der Waals surface area contributed by atoms with Gasteiger partial charge in [0.05, 0.1) is 12.0 Å². The molecule has 1 aromatic heterocycles. The van der Waals surface area contributed by atoms with Crippen LogP contribution in [0.15, 0.2) is 52.5 Å². The van der Waals surface area contributed by atoms with Crippen LogP contribution >= 0.6 is 11.3 Å². The molecule has 4 nitrogen and oxygen atoms in total. The molecule has 0 unspecified atom stereocenters. The van der Waals surface area contributed by atoms with Crippen LogP contribution in [0.1, 0.15) is 10.4 Å². The number of hydrogen-bond acceptors (Lipinski definition) is 5. The van der Waals surface area contributed by atoms with Crippen molar-refractivity contribution in [3.8, 4) is 5.75 Å². The highest BCUT2D eigenvalue weighted by Gasteiger charge is 2.24. The van der Waals surface area contributed by atoms with Crippen LogP contribution in [0.4, 0.5) is 0 Å². The highest BCUT2D eigenvalue weighted by atomic mass is 32.1. The quantitative estimate of drug-likeness (QED) is 0.643. The predicted octanol–water partition coefficient (Wildman–Crippen LogP) is 3.10. The molecule has 0 radical (unpaired) electrons. The summed E-state index contributed by atoms with van der Waals surface area (Å²) in [6.07, 6.45) is 1.70. The minimum Gasteiger partial charge on any atom is -0.497 e. The van der Waals surface area contributed by atoms with E-state index in [9.17, 15) is 4.79 Å². The Morgan fingerprint density at radius 2 is 2.05 bits per heavy atom. The monoisotopic (exact) mass is 285 g/mol. The lowest BCUT2D eigenvalue weighted by molar-refractivity contribution is -0.129. The van der Waals surface area contributed by atoms with E-state index in [1.165, 1.54) is 11.3 Å². The number of thiophene rings is 1. The lowest BCUT2D eigenvalue weighted by Crippen LogP contribution is -2.03. The second kappa shape index (κ2) is 5.30. The summed E-state index contributed by atoms with van der Waals surface area (Å²) in [5.41, 5.74) is 1.17. The lowest BCUT2D eigenvalue weighted by atomic mass is 10.2. The van der Waals surface area contributed by atoms with Crippen molar-refractivity contribution in [2.24, 2.45) is 4.99 Å².